The summed E-state index contributed by atoms with van der Waals surface area (Å²) in [5.74, 6) is 1.21. The van der Waals surface area contributed by atoms with Crippen LogP contribution in [0.25, 0.3) is 0 Å². The number of rotatable bonds is 7. The SMILES string of the molecule is CCCSc1ccc(CCCC(C)N)cc1. The molecule has 1 unspecified atom stereocenters. The van der Waals surface area contributed by atoms with Gasteiger partial charge >= 0.3 is 0 Å². The molecule has 0 saturated carbocycles. The summed E-state index contributed by atoms with van der Waals surface area (Å²) in [4.78, 5) is 1.39. The van der Waals surface area contributed by atoms with Crippen molar-refractivity contribution >= 4 is 11.8 Å². The smallest absolute Gasteiger partial charge is 0.00721 e. The normalized spacial score (nSPS) is 12.7. The molecule has 16 heavy (non-hydrogen) atoms. The Bertz CT molecular complexity index is 279. The number of benzene rings is 1. The third-order valence-electron chi connectivity index (χ3n) is 2.52. The van der Waals surface area contributed by atoms with E-state index in [2.05, 4.69) is 38.1 Å². The molecular formula is C14H23NS. The number of hydrogen-bond acceptors (Lipinski definition) is 2. The molecule has 1 aromatic rings. The van der Waals surface area contributed by atoms with E-state index < -0.39 is 0 Å². The molecule has 1 nitrogen and oxygen atoms in total. The fourth-order valence-corrected chi connectivity index (χ4v) is 2.37. The highest BCUT2D eigenvalue weighted by atomic mass is 32.2. The van der Waals surface area contributed by atoms with Crippen LogP contribution < -0.4 is 5.73 Å². The third-order valence-corrected chi connectivity index (χ3v) is 3.74. The first kappa shape index (κ1) is 13.6. The van der Waals surface area contributed by atoms with E-state index in [1.165, 1.54) is 29.1 Å². The van der Waals surface area contributed by atoms with E-state index in [1.807, 2.05) is 11.8 Å². The number of thioether (sulfide) groups is 1. The van der Waals surface area contributed by atoms with Crippen molar-refractivity contribution in [1.29, 1.82) is 0 Å². The monoisotopic (exact) mass is 237 g/mol. The van der Waals surface area contributed by atoms with Crippen molar-refractivity contribution in [2.24, 2.45) is 5.73 Å². The molecule has 0 fully saturated rings. The lowest BCUT2D eigenvalue weighted by Crippen LogP contribution is -2.14. The van der Waals surface area contributed by atoms with Gasteiger partial charge in [-0.2, -0.15) is 0 Å². The molecule has 1 atom stereocenters. The molecule has 0 aliphatic carbocycles. The third kappa shape index (κ3) is 5.57. The minimum atomic E-state index is 0.333. The summed E-state index contributed by atoms with van der Waals surface area (Å²) in [6, 6.07) is 9.31. The van der Waals surface area contributed by atoms with E-state index in [0.29, 0.717) is 6.04 Å². The molecule has 0 spiro atoms. The lowest BCUT2D eigenvalue weighted by atomic mass is 10.1. The van der Waals surface area contributed by atoms with E-state index in [1.54, 1.807) is 0 Å². The highest BCUT2D eigenvalue weighted by molar-refractivity contribution is 7.99. The van der Waals surface area contributed by atoms with Gasteiger partial charge in [-0.05, 0) is 56.1 Å². The largest absolute Gasteiger partial charge is 0.328 e. The summed E-state index contributed by atoms with van der Waals surface area (Å²) >= 11 is 1.94. The van der Waals surface area contributed by atoms with Crippen molar-refractivity contribution in [3.05, 3.63) is 29.8 Å². The van der Waals surface area contributed by atoms with Crippen LogP contribution in [0.5, 0.6) is 0 Å². The second-order valence-electron chi connectivity index (χ2n) is 4.36. The van der Waals surface area contributed by atoms with Gasteiger partial charge in [0.2, 0.25) is 0 Å². The molecule has 1 aromatic carbocycles. The zero-order valence-corrected chi connectivity index (χ0v) is 11.2. The Kier molecular flexibility index (Phi) is 6.58. The maximum Gasteiger partial charge on any atom is 0.00721 e. The van der Waals surface area contributed by atoms with Crippen LogP contribution in [0.2, 0.25) is 0 Å². The van der Waals surface area contributed by atoms with Crippen LogP contribution in [0.15, 0.2) is 29.2 Å². The maximum atomic E-state index is 5.73. The summed E-state index contributed by atoms with van der Waals surface area (Å²) in [7, 11) is 0. The van der Waals surface area contributed by atoms with Crippen LogP contribution in [-0.4, -0.2) is 11.8 Å². The van der Waals surface area contributed by atoms with Crippen molar-refractivity contribution in [3.63, 3.8) is 0 Å². The molecule has 0 bridgehead atoms. The molecule has 2 heteroatoms. The molecule has 1 rings (SSSR count). The first-order valence-corrected chi connectivity index (χ1v) is 7.18. The number of hydrogen-bond donors (Lipinski definition) is 1. The van der Waals surface area contributed by atoms with Crippen molar-refractivity contribution in [3.8, 4) is 0 Å². The molecule has 0 aliphatic rings. The summed E-state index contributed by atoms with van der Waals surface area (Å²) in [6.45, 7) is 4.29. The second-order valence-corrected chi connectivity index (χ2v) is 5.53. The van der Waals surface area contributed by atoms with Crippen molar-refractivity contribution in [2.75, 3.05) is 5.75 Å². The van der Waals surface area contributed by atoms with Gasteiger partial charge in [0.25, 0.3) is 0 Å². The van der Waals surface area contributed by atoms with Gasteiger partial charge in [-0.25, -0.2) is 0 Å². The predicted molar refractivity (Wildman–Crippen MR) is 74.0 cm³/mol. The molecule has 0 aliphatic heterocycles. The van der Waals surface area contributed by atoms with Gasteiger partial charge in [-0.1, -0.05) is 19.1 Å². The van der Waals surface area contributed by atoms with Crippen molar-refractivity contribution in [2.45, 2.75) is 50.5 Å². The van der Waals surface area contributed by atoms with Gasteiger partial charge in [0.15, 0.2) is 0 Å². The van der Waals surface area contributed by atoms with Crippen molar-refractivity contribution < 1.29 is 0 Å². The number of nitrogens with two attached hydrogens (primary N) is 1. The fourth-order valence-electron chi connectivity index (χ4n) is 1.60. The van der Waals surface area contributed by atoms with Crippen LogP contribution in [-0.2, 0) is 6.42 Å². The Hall–Kier alpha value is -0.470. The van der Waals surface area contributed by atoms with Gasteiger partial charge < -0.3 is 5.73 Å². The lowest BCUT2D eigenvalue weighted by Gasteiger charge is -2.05. The van der Waals surface area contributed by atoms with E-state index >= 15 is 0 Å². The van der Waals surface area contributed by atoms with E-state index in [4.69, 9.17) is 5.73 Å². The first-order valence-electron chi connectivity index (χ1n) is 6.19. The minimum absolute atomic E-state index is 0.333. The van der Waals surface area contributed by atoms with E-state index in [9.17, 15) is 0 Å². The highest BCUT2D eigenvalue weighted by Gasteiger charge is 1.97. The molecule has 2 N–H and O–H groups in total. The van der Waals surface area contributed by atoms with Gasteiger partial charge in [-0.3, -0.25) is 0 Å². The van der Waals surface area contributed by atoms with Crippen LogP contribution >= 0.6 is 11.8 Å². The van der Waals surface area contributed by atoms with Crippen LogP contribution in [0, 0.1) is 0 Å². The Morgan fingerprint density at radius 1 is 1.25 bits per heavy atom. The molecule has 90 valence electrons. The average molecular weight is 237 g/mol. The van der Waals surface area contributed by atoms with Crippen LogP contribution in [0.4, 0.5) is 0 Å². The molecule has 0 aromatic heterocycles. The van der Waals surface area contributed by atoms with Crippen LogP contribution in [0.1, 0.15) is 38.7 Å². The molecule has 0 amide bonds. The van der Waals surface area contributed by atoms with Gasteiger partial charge in [0.1, 0.15) is 0 Å². The Balaban J connectivity index is 2.33. The predicted octanol–water partition coefficient (Wildman–Crippen LogP) is 3.86. The second kappa shape index (κ2) is 7.75. The summed E-state index contributed by atoms with van der Waals surface area (Å²) in [5, 5.41) is 0. The summed E-state index contributed by atoms with van der Waals surface area (Å²) in [6.07, 6.45) is 4.70. The summed E-state index contributed by atoms with van der Waals surface area (Å²) in [5.41, 5.74) is 7.16. The first-order chi connectivity index (χ1) is 7.72. The summed E-state index contributed by atoms with van der Waals surface area (Å²) < 4.78 is 0. The zero-order valence-electron chi connectivity index (χ0n) is 10.4. The fraction of sp³-hybridized carbons (Fsp3) is 0.571. The Morgan fingerprint density at radius 2 is 1.94 bits per heavy atom. The zero-order chi connectivity index (χ0) is 11.8. The molecule has 0 saturated heterocycles. The van der Waals surface area contributed by atoms with E-state index in [0.717, 1.165) is 12.8 Å². The topological polar surface area (TPSA) is 26.0 Å². The lowest BCUT2D eigenvalue weighted by molar-refractivity contribution is 0.624. The maximum absolute atomic E-state index is 5.73. The van der Waals surface area contributed by atoms with Crippen LogP contribution in [0.3, 0.4) is 0 Å². The van der Waals surface area contributed by atoms with Gasteiger partial charge in [0, 0.05) is 10.9 Å². The van der Waals surface area contributed by atoms with Crippen molar-refractivity contribution in [1.82, 2.24) is 0 Å². The van der Waals surface area contributed by atoms with Gasteiger partial charge in [-0.15, -0.1) is 11.8 Å². The quantitative estimate of drug-likeness (QED) is 0.729. The molecular weight excluding hydrogens is 214 g/mol. The Labute approximate surface area is 104 Å². The highest BCUT2D eigenvalue weighted by Crippen LogP contribution is 2.19. The average Bonchev–Trinajstić information content (AvgIpc) is 2.27. The standard InChI is InChI=1S/C14H23NS/c1-3-11-16-14-9-7-13(8-10-14)6-4-5-12(2)15/h7-10,12H,3-6,11,15H2,1-2H3. The molecule has 0 heterocycles. The Morgan fingerprint density at radius 3 is 2.50 bits per heavy atom. The number of aryl methyl sites for hydroxylation is 1. The van der Waals surface area contributed by atoms with E-state index in [-0.39, 0.29) is 0 Å². The van der Waals surface area contributed by atoms with Gasteiger partial charge in [0.05, 0.1) is 0 Å². The minimum Gasteiger partial charge on any atom is -0.328 e. The molecule has 0 radical (unpaired) electrons.